The molecule has 0 fully saturated rings. The van der Waals surface area contributed by atoms with Gasteiger partial charge in [-0.3, -0.25) is 9.59 Å². The van der Waals surface area contributed by atoms with Crippen LogP contribution >= 0.6 is 0 Å². The standard InChI is InChI=1S/C12H16N2O3/c1-12(2,17)7-14-11(16)9-5-3-8(4-6-9)10(13)15/h3-6,17H,7H2,1-2H3,(H2,13,15)(H,14,16). The van der Waals surface area contributed by atoms with Crippen LogP contribution in [0.5, 0.6) is 0 Å². The third-order valence-electron chi connectivity index (χ3n) is 2.11. The Hall–Kier alpha value is -1.88. The topological polar surface area (TPSA) is 92.4 Å². The molecule has 5 nitrogen and oxygen atoms in total. The fourth-order valence-electron chi connectivity index (χ4n) is 1.18. The average molecular weight is 236 g/mol. The first kappa shape index (κ1) is 13.2. The first-order valence-corrected chi connectivity index (χ1v) is 5.20. The van der Waals surface area contributed by atoms with E-state index in [0.29, 0.717) is 11.1 Å². The summed E-state index contributed by atoms with van der Waals surface area (Å²) in [6.45, 7) is 3.36. The number of nitrogens with one attached hydrogen (secondary N) is 1. The molecule has 0 atom stereocenters. The van der Waals surface area contributed by atoms with Crippen LogP contribution in [0.1, 0.15) is 34.6 Å². The number of hydrogen-bond donors (Lipinski definition) is 3. The first-order valence-electron chi connectivity index (χ1n) is 5.20. The molecular weight excluding hydrogens is 220 g/mol. The SMILES string of the molecule is CC(C)(O)CNC(=O)c1ccc(C(N)=O)cc1. The summed E-state index contributed by atoms with van der Waals surface area (Å²) in [5.41, 5.74) is 4.89. The van der Waals surface area contributed by atoms with Gasteiger partial charge >= 0.3 is 0 Å². The molecule has 0 aromatic heterocycles. The van der Waals surface area contributed by atoms with Gasteiger partial charge in [0.2, 0.25) is 5.91 Å². The molecule has 0 saturated carbocycles. The zero-order valence-corrected chi connectivity index (χ0v) is 9.86. The van der Waals surface area contributed by atoms with Gasteiger partial charge in [-0.1, -0.05) is 0 Å². The zero-order chi connectivity index (χ0) is 13.1. The Morgan fingerprint density at radius 2 is 1.71 bits per heavy atom. The fraction of sp³-hybridized carbons (Fsp3) is 0.333. The summed E-state index contributed by atoms with van der Waals surface area (Å²) in [5, 5.41) is 12.0. The molecule has 0 spiro atoms. The Morgan fingerprint density at radius 1 is 1.24 bits per heavy atom. The van der Waals surface area contributed by atoms with Crippen molar-refractivity contribution in [2.24, 2.45) is 5.73 Å². The molecule has 92 valence electrons. The van der Waals surface area contributed by atoms with E-state index in [4.69, 9.17) is 5.73 Å². The van der Waals surface area contributed by atoms with Crippen molar-refractivity contribution in [3.8, 4) is 0 Å². The number of benzene rings is 1. The van der Waals surface area contributed by atoms with Crippen molar-refractivity contribution in [1.82, 2.24) is 5.32 Å². The molecule has 1 aromatic rings. The number of carbonyl (C=O) groups is 2. The molecule has 0 aliphatic heterocycles. The molecule has 1 rings (SSSR count). The van der Waals surface area contributed by atoms with Crippen molar-refractivity contribution in [2.75, 3.05) is 6.54 Å². The number of primary amides is 1. The minimum absolute atomic E-state index is 0.156. The number of rotatable bonds is 4. The summed E-state index contributed by atoms with van der Waals surface area (Å²) in [4.78, 5) is 22.5. The Bertz CT molecular complexity index is 418. The highest BCUT2D eigenvalue weighted by Gasteiger charge is 2.14. The summed E-state index contributed by atoms with van der Waals surface area (Å²) < 4.78 is 0. The molecule has 0 heterocycles. The third kappa shape index (κ3) is 4.24. The summed E-state index contributed by atoms with van der Waals surface area (Å²) >= 11 is 0. The monoisotopic (exact) mass is 236 g/mol. The normalized spacial score (nSPS) is 11.0. The van der Waals surface area contributed by atoms with E-state index in [0.717, 1.165) is 0 Å². The van der Waals surface area contributed by atoms with Gasteiger partial charge in [0.05, 0.1) is 5.60 Å². The lowest BCUT2D eigenvalue weighted by molar-refractivity contribution is 0.0694. The Labute approximate surface area is 99.6 Å². The Morgan fingerprint density at radius 3 is 2.12 bits per heavy atom. The van der Waals surface area contributed by atoms with E-state index in [1.807, 2.05) is 0 Å². The maximum Gasteiger partial charge on any atom is 0.251 e. The van der Waals surface area contributed by atoms with E-state index in [9.17, 15) is 14.7 Å². The molecule has 1 aromatic carbocycles. The number of aliphatic hydroxyl groups is 1. The maximum atomic E-state index is 11.6. The fourth-order valence-corrected chi connectivity index (χ4v) is 1.18. The molecule has 0 aliphatic carbocycles. The molecule has 5 heteroatoms. The van der Waals surface area contributed by atoms with Crippen LogP contribution in [0, 0.1) is 0 Å². The molecule has 2 amide bonds. The summed E-state index contributed by atoms with van der Waals surface area (Å²) in [7, 11) is 0. The Kier molecular flexibility index (Phi) is 3.85. The second kappa shape index (κ2) is 4.97. The van der Waals surface area contributed by atoms with Crippen LogP contribution in [-0.2, 0) is 0 Å². The number of nitrogens with two attached hydrogens (primary N) is 1. The van der Waals surface area contributed by atoms with E-state index in [1.54, 1.807) is 13.8 Å². The van der Waals surface area contributed by atoms with E-state index >= 15 is 0 Å². The lowest BCUT2D eigenvalue weighted by atomic mass is 10.1. The van der Waals surface area contributed by atoms with Crippen LogP contribution in [-0.4, -0.2) is 29.1 Å². The van der Waals surface area contributed by atoms with Crippen LogP contribution in [0.4, 0.5) is 0 Å². The smallest absolute Gasteiger partial charge is 0.251 e. The van der Waals surface area contributed by atoms with Crippen LogP contribution in [0.2, 0.25) is 0 Å². The quantitative estimate of drug-likeness (QED) is 0.701. The largest absolute Gasteiger partial charge is 0.389 e. The van der Waals surface area contributed by atoms with Crippen molar-refractivity contribution >= 4 is 11.8 Å². The van der Waals surface area contributed by atoms with Gasteiger partial charge in [0.1, 0.15) is 0 Å². The Balaban J connectivity index is 2.67. The highest BCUT2D eigenvalue weighted by atomic mass is 16.3. The van der Waals surface area contributed by atoms with Gasteiger partial charge in [0.15, 0.2) is 0 Å². The molecule has 4 N–H and O–H groups in total. The van der Waals surface area contributed by atoms with E-state index in [1.165, 1.54) is 24.3 Å². The molecule has 0 aliphatic rings. The second-order valence-electron chi connectivity index (χ2n) is 4.44. The van der Waals surface area contributed by atoms with Crippen molar-refractivity contribution < 1.29 is 14.7 Å². The highest BCUT2D eigenvalue weighted by molar-refractivity contribution is 5.97. The summed E-state index contributed by atoms with van der Waals surface area (Å²) in [6, 6.07) is 6.00. The predicted octanol–water partition coefficient (Wildman–Crippen LogP) is 0.286. The zero-order valence-electron chi connectivity index (χ0n) is 9.86. The lowest BCUT2D eigenvalue weighted by Crippen LogP contribution is -2.38. The highest BCUT2D eigenvalue weighted by Crippen LogP contribution is 2.05. The number of hydrogen-bond acceptors (Lipinski definition) is 3. The minimum atomic E-state index is -0.956. The first-order chi connectivity index (χ1) is 7.79. The van der Waals surface area contributed by atoms with Gasteiger partial charge < -0.3 is 16.2 Å². The van der Waals surface area contributed by atoms with E-state index < -0.39 is 11.5 Å². The van der Waals surface area contributed by atoms with Gasteiger partial charge in [-0.25, -0.2) is 0 Å². The van der Waals surface area contributed by atoms with Gasteiger partial charge in [-0.05, 0) is 38.1 Å². The second-order valence-corrected chi connectivity index (χ2v) is 4.44. The van der Waals surface area contributed by atoms with Gasteiger partial charge in [0, 0.05) is 17.7 Å². The van der Waals surface area contributed by atoms with E-state index in [-0.39, 0.29) is 12.5 Å². The van der Waals surface area contributed by atoms with Crippen LogP contribution in [0.15, 0.2) is 24.3 Å². The van der Waals surface area contributed by atoms with E-state index in [2.05, 4.69) is 5.32 Å². The van der Waals surface area contributed by atoms with Crippen molar-refractivity contribution in [2.45, 2.75) is 19.4 Å². The molecule has 0 saturated heterocycles. The van der Waals surface area contributed by atoms with Crippen LogP contribution < -0.4 is 11.1 Å². The van der Waals surface area contributed by atoms with Gasteiger partial charge in [-0.15, -0.1) is 0 Å². The molecular formula is C12H16N2O3. The maximum absolute atomic E-state index is 11.6. The third-order valence-corrected chi connectivity index (χ3v) is 2.11. The predicted molar refractivity (Wildman–Crippen MR) is 63.6 cm³/mol. The summed E-state index contributed by atoms with van der Waals surface area (Å²) in [6.07, 6.45) is 0. The van der Waals surface area contributed by atoms with Crippen molar-refractivity contribution in [1.29, 1.82) is 0 Å². The minimum Gasteiger partial charge on any atom is -0.389 e. The van der Waals surface area contributed by atoms with Gasteiger partial charge in [-0.2, -0.15) is 0 Å². The van der Waals surface area contributed by atoms with Crippen molar-refractivity contribution in [3.05, 3.63) is 35.4 Å². The van der Waals surface area contributed by atoms with Crippen LogP contribution in [0.3, 0.4) is 0 Å². The summed E-state index contributed by atoms with van der Waals surface area (Å²) in [5.74, 6) is -0.836. The number of amides is 2. The van der Waals surface area contributed by atoms with Crippen LogP contribution in [0.25, 0.3) is 0 Å². The molecule has 0 unspecified atom stereocenters. The average Bonchev–Trinajstić information content (AvgIpc) is 2.25. The molecule has 17 heavy (non-hydrogen) atoms. The molecule has 0 radical (unpaired) electrons. The number of carbonyl (C=O) groups excluding carboxylic acids is 2. The lowest BCUT2D eigenvalue weighted by Gasteiger charge is -2.17. The molecule has 0 bridgehead atoms. The van der Waals surface area contributed by atoms with Crippen molar-refractivity contribution in [3.63, 3.8) is 0 Å². The van der Waals surface area contributed by atoms with Gasteiger partial charge in [0.25, 0.3) is 5.91 Å².